The summed E-state index contributed by atoms with van der Waals surface area (Å²) in [7, 11) is -1.97. The molecular weight excluding hydrogens is 295 g/mol. The van der Waals surface area contributed by atoms with E-state index in [9.17, 15) is 0 Å². The Morgan fingerprint density at radius 2 is 0.826 bits per heavy atom. The van der Waals surface area contributed by atoms with Crippen molar-refractivity contribution in [2.24, 2.45) is 0 Å². The van der Waals surface area contributed by atoms with Crippen LogP contribution in [0.25, 0.3) is 0 Å². The standard InChI is InChI=1S/C22H25P/c1-17-8-5-11-20(14-17)23(4,21-12-6-9-18(2)15-21)22-13-7-10-19(3)16-22/h5-16,23H,1-4H3. The van der Waals surface area contributed by atoms with Crippen LogP contribution in [-0.4, -0.2) is 6.66 Å². The molecule has 0 amide bonds. The average Bonchev–Trinajstić information content (AvgIpc) is 2.54. The third kappa shape index (κ3) is 3.09. The van der Waals surface area contributed by atoms with Crippen LogP contribution in [0, 0.1) is 20.8 Å². The third-order valence-electron chi connectivity index (χ3n) is 4.79. The third-order valence-corrected chi connectivity index (χ3v) is 9.18. The van der Waals surface area contributed by atoms with E-state index < -0.39 is 7.26 Å². The molecule has 0 aliphatic rings. The van der Waals surface area contributed by atoms with Crippen molar-refractivity contribution in [3.8, 4) is 0 Å². The van der Waals surface area contributed by atoms with E-state index in [1.807, 2.05) is 0 Å². The summed E-state index contributed by atoms with van der Waals surface area (Å²) in [6.45, 7) is 9.03. The molecule has 0 saturated heterocycles. The van der Waals surface area contributed by atoms with Crippen molar-refractivity contribution in [1.82, 2.24) is 0 Å². The Balaban J connectivity index is 2.29. The molecule has 0 heterocycles. The molecule has 0 radical (unpaired) electrons. The minimum absolute atomic E-state index is 1.33. The second-order valence-corrected chi connectivity index (χ2v) is 10.7. The number of benzene rings is 3. The molecule has 0 N–H and O–H groups in total. The van der Waals surface area contributed by atoms with Crippen molar-refractivity contribution in [2.45, 2.75) is 20.8 Å². The number of hydrogen-bond acceptors (Lipinski definition) is 0. The van der Waals surface area contributed by atoms with Gasteiger partial charge in [-0.1, -0.05) is 0 Å². The van der Waals surface area contributed by atoms with Gasteiger partial charge in [-0.3, -0.25) is 0 Å². The van der Waals surface area contributed by atoms with Crippen LogP contribution in [0.2, 0.25) is 0 Å². The van der Waals surface area contributed by atoms with Gasteiger partial charge in [0.15, 0.2) is 0 Å². The minimum atomic E-state index is -1.97. The van der Waals surface area contributed by atoms with Crippen LogP contribution in [0.4, 0.5) is 0 Å². The molecule has 3 aromatic rings. The zero-order chi connectivity index (χ0) is 16.4. The van der Waals surface area contributed by atoms with E-state index in [4.69, 9.17) is 0 Å². The van der Waals surface area contributed by atoms with Crippen LogP contribution >= 0.6 is 7.26 Å². The van der Waals surface area contributed by atoms with Crippen LogP contribution in [0.1, 0.15) is 16.7 Å². The summed E-state index contributed by atoms with van der Waals surface area (Å²) in [5.41, 5.74) is 4.00. The fourth-order valence-electron chi connectivity index (χ4n) is 3.37. The van der Waals surface area contributed by atoms with E-state index in [0.717, 1.165) is 0 Å². The molecule has 3 rings (SSSR count). The first-order valence-electron chi connectivity index (χ1n) is 8.21. The molecule has 23 heavy (non-hydrogen) atoms. The summed E-state index contributed by atoms with van der Waals surface area (Å²) in [6.07, 6.45) is 0. The molecule has 0 nitrogen and oxygen atoms in total. The second-order valence-electron chi connectivity index (χ2n) is 6.73. The van der Waals surface area contributed by atoms with Gasteiger partial charge in [-0.05, 0) is 0 Å². The maximum atomic E-state index is 2.48. The van der Waals surface area contributed by atoms with E-state index >= 15 is 0 Å². The van der Waals surface area contributed by atoms with Crippen LogP contribution in [0.5, 0.6) is 0 Å². The summed E-state index contributed by atoms with van der Waals surface area (Å²) >= 11 is 0. The van der Waals surface area contributed by atoms with Crippen molar-refractivity contribution in [2.75, 3.05) is 6.66 Å². The Labute approximate surface area is 140 Å². The quantitative estimate of drug-likeness (QED) is 0.632. The second kappa shape index (κ2) is 6.30. The molecule has 0 unspecified atom stereocenters. The molecule has 0 spiro atoms. The normalized spacial score (nSPS) is 12.2. The SMILES string of the molecule is Cc1cccc([PH](C)(c2cccc(C)c2)c2cccc(C)c2)c1. The van der Waals surface area contributed by atoms with Gasteiger partial charge in [-0.2, -0.15) is 0 Å². The first kappa shape index (κ1) is 16.0. The molecule has 0 saturated carbocycles. The summed E-state index contributed by atoms with van der Waals surface area (Å²) in [4.78, 5) is 0. The summed E-state index contributed by atoms with van der Waals surface area (Å²) in [6, 6.07) is 27.2. The van der Waals surface area contributed by atoms with Gasteiger partial charge < -0.3 is 0 Å². The fourth-order valence-corrected chi connectivity index (χ4v) is 7.21. The van der Waals surface area contributed by atoms with Crippen molar-refractivity contribution in [3.63, 3.8) is 0 Å². The zero-order valence-electron chi connectivity index (χ0n) is 14.4. The van der Waals surface area contributed by atoms with Crippen molar-refractivity contribution in [3.05, 3.63) is 89.5 Å². The Morgan fingerprint density at radius 1 is 0.522 bits per heavy atom. The number of aryl methyl sites for hydroxylation is 3. The summed E-state index contributed by atoms with van der Waals surface area (Å²) in [5, 5.41) is 4.44. The maximum absolute atomic E-state index is 2.48. The van der Waals surface area contributed by atoms with E-state index in [-0.39, 0.29) is 0 Å². The molecule has 118 valence electrons. The van der Waals surface area contributed by atoms with Crippen LogP contribution in [0.15, 0.2) is 72.8 Å². The van der Waals surface area contributed by atoms with Gasteiger partial charge >= 0.3 is 140 Å². The van der Waals surface area contributed by atoms with E-state index in [1.165, 1.54) is 32.6 Å². The molecule has 0 aliphatic heterocycles. The van der Waals surface area contributed by atoms with Gasteiger partial charge in [0.05, 0.1) is 0 Å². The zero-order valence-corrected chi connectivity index (χ0v) is 15.4. The summed E-state index contributed by atoms with van der Waals surface area (Å²) in [5.74, 6) is 0. The topological polar surface area (TPSA) is 0 Å². The molecule has 0 fully saturated rings. The van der Waals surface area contributed by atoms with E-state index in [0.29, 0.717) is 0 Å². The number of hydrogen-bond donors (Lipinski definition) is 0. The van der Waals surface area contributed by atoms with Crippen LogP contribution < -0.4 is 15.9 Å². The Hall–Kier alpha value is -1.91. The van der Waals surface area contributed by atoms with Gasteiger partial charge in [0, 0.05) is 0 Å². The molecule has 0 aromatic heterocycles. The van der Waals surface area contributed by atoms with Crippen molar-refractivity contribution < 1.29 is 0 Å². The first-order valence-corrected chi connectivity index (χ1v) is 10.7. The Bertz CT molecular complexity index is 722. The van der Waals surface area contributed by atoms with Gasteiger partial charge in [0.2, 0.25) is 0 Å². The Morgan fingerprint density at radius 3 is 1.09 bits per heavy atom. The van der Waals surface area contributed by atoms with E-state index in [1.54, 1.807) is 0 Å². The van der Waals surface area contributed by atoms with Crippen LogP contribution in [-0.2, 0) is 0 Å². The Kier molecular flexibility index (Phi) is 4.37. The van der Waals surface area contributed by atoms with Gasteiger partial charge in [-0.25, -0.2) is 0 Å². The fraction of sp³-hybridized carbons (Fsp3) is 0.182. The van der Waals surface area contributed by atoms with Crippen molar-refractivity contribution in [1.29, 1.82) is 0 Å². The summed E-state index contributed by atoms with van der Waals surface area (Å²) < 4.78 is 0. The number of rotatable bonds is 3. The van der Waals surface area contributed by atoms with Gasteiger partial charge in [0.25, 0.3) is 0 Å². The first-order chi connectivity index (χ1) is 11.0. The predicted molar refractivity (Wildman–Crippen MR) is 107 cm³/mol. The van der Waals surface area contributed by atoms with Gasteiger partial charge in [-0.15, -0.1) is 0 Å². The van der Waals surface area contributed by atoms with Crippen LogP contribution in [0.3, 0.4) is 0 Å². The molecule has 3 aromatic carbocycles. The monoisotopic (exact) mass is 320 g/mol. The molecule has 0 atom stereocenters. The molecule has 0 bridgehead atoms. The molecule has 1 heteroatoms. The average molecular weight is 320 g/mol. The van der Waals surface area contributed by atoms with Crippen molar-refractivity contribution >= 4 is 23.2 Å². The molecule has 0 aliphatic carbocycles. The molecular formula is C22H25P. The van der Waals surface area contributed by atoms with E-state index in [2.05, 4.69) is 100 Å². The predicted octanol–water partition coefficient (Wildman–Crippen LogP) is 4.27. The van der Waals surface area contributed by atoms with Gasteiger partial charge in [0.1, 0.15) is 0 Å².